The van der Waals surface area contributed by atoms with Crippen molar-refractivity contribution in [3.8, 4) is 17.1 Å². The van der Waals surface area contributed by atoms with E-state index < -0.39 is 23.9 Å². The van der Waals surface area contributed by atoms with E-state index >= 15 is 0 Å². The van der Waals surface area contributed by atoms with Crippen LogP contribution in [0.5, 0.6) is 5.88 Å². The molecule has 1 atom stereocenters. The highest BCUT2D eigenvalue weighted by atomic mass is 19.3. The number of hydrogen-bond donors (Lipinski definition) is 2. The van der Waals surface area contributed by atoms with E-state index in [1.807, 2.05) is 0 Å². The van der Waals surface area contributed by atoms with Crippen LogP contribution in [-0.4, -0.2) is 75.3 Å². The maximum atomic E-state index is 14.3. The molecule has 4 aliphatic rings. The van der Waals surface area contributed by atoms with Crippen LogP contribution in [-0.2, 0) is 9.53 Å². The highest BCUT2D eigenvalue weighted by Gasteiger charge is 2.64. The Hall–Kier alpha value is -3.15. The Labute approximate surface area is 217 Å². The first kappa shape index (κ1) is 25.1. The molecule has 0 aromatic carbocycles. The summed E-state index contributed by atoms with van der Waals surface area (Å²) in [5.41, 5.74) is -1.03. The third kappa shape index (κ3) is 4.13. The van der Waals surface area contributed by atoms with Gasteiger partial charge >= 0.3 is 0 Å². The molecule has 2 aliphatic carbocycles. The third-order valence-electron chi connectivity index (χ3n) is 8.81. The van der Waals surface area contributed by atoms with Crippen LogP contribution < -0.4 is 10.1 Å². The highest BCUT2D eigenvalue weighted by Crippen LogP contribution is 2.52. The number of pyridine rings is 1. The molecule has 2 aromatic rings. The number of ether oxygens (including phenoxy) is 2. The number of methoxy groups -OCH3 is 1. The van der Waals surface area contributed by atoms with Crippen LogP contribution in [0.4, 0.5) is 13.2 Å². The van der Waals surface area contributed by atoms with Crippen molar-refractivity contribution in [2.24, 2.45) is 5.92 Å². The predicted molar refractivity (Wildman–Crippen MR) is 128 cm³/mol. The van der Waals surface area contributed by atoms with E-state index in [0.717, 1.165) is 19.0 Å². The van der Waals surface area contributed by atoms with Gasteiger partial charge in [0, 0.05) is 35.7 Å². The van der Waals surface area contributed by atoms with Crippen LogP contribution in [0.2, 0.25) is 0 Å². The van der Waals surface area contributed by atoms with Crippen LogP contribution in [0.1, 0.15) is 61.9 Å². The van der Waals surface area contributed by atoms with Gasteiger partial charge in [0.05, 0.1) is 19.0 Å². The van der Waals surface area contributed by atoms with Gasteiger partial charge in [-0.05, 0) is 57.4 Å². The SMILES string of the molecule is COc1cc(-c2cc(C(=O)N3CC[C@H](C(=O)N[C@H]4CC[C@]5(CC4)OCC5(F)F)CC34CC4)n[nH]2)c(F)cn1. The zero-order valence-electron chi connectivity index (χ0n) is 21.1. The Balaban J connectivity index is 1.07. The van der Waals surface area contributed by atoms with Crippen molar-refractivity contribution in [1.82, 2.24) is 25.4 Å². The molecular weight excluding hydrogens is 503 g/mol. The molecule has 4 heterocycles. The van der Waals surface area contributed by atoms with Gasteiger partial charge in [0.15, 0.2) is 11.5 Å². The number of nitrogens with one attached hydrogen (secondary N) is 2. The quantitative estimate of drug-likeness (QED) is 0.609. The first-order valence-electron chi connectivity index (χ1n) is 13.0. The minimum Gasteiger partial charge on any atom is -0.481 e. The van der Waals surface area contributed by atoms with Crippen molar-refractivity contribution in [2.75, 3.05) is 20.3 Å². The summed E-state index contributed by atoms with van der Waals surface area (Å²) in [4.78, 5) is 32.1. The number of piperidine rings is 1. The van der Waals surface area contributed by atoms with Gasteiger partial charge in [0.1, 0.15) is 12.2 Å². The van der Waals surface area contributed by atoms with E-state index in [1.165, 1.54) is 19.2 Å². The average molecular weight is 534 g/mol. The molecule has 2 amide bonds. The lowest BCUT2D eigenvalue weighted by molar-refractivity contribution is -0.338. The van der Waals surface area contributed by atoms with Crippen LogP contribution in [0, 0.1) is 11.7 Å². The smallest absolute Gasteiger partial charge is 0.299 e. The molecule has 12 heteroatoms. The summed E-state index contributed by atoms with van der Waals surface area (Å²) in [5, 5.41) is 9.94. The second-order valence-corrected chi connectivity index (χ2v) is 11.0. The maximum absolute atomic E-state index is 14.3. The topological polar surface area (TPSA) is 109 Å². The van der Waals surface area contributed by atoms with Gasteiger partial charge in [0.25, 0.3) is 11.8 Å². The maximum Gasteiger partial charge on any atom is 0.299 e. The number of likely N-dealkylation sites (tertiary alicyclic amines) is 1. The number of amides is 2. The standard InChI is InChI=1S/C26H30F3N5O4/c1-37-21-10-17(18(27)13-30-21)19-11-20(33-32-19)23(36)34-9-4-15(12-24(34)7-8-24)22(35)31-16-2-5-25(6-3-16)26(28,29)14-38-25/h10-11,13,15-16H,2-9,12,14H2,1H3,(H,31,35)(H,32,33)/t15-,16-,25+/m0/s1. The molecule has 4 fully saturated rings. The van der Waals surface area contributed by atoms with Crippen LogP contribution in [0.25, 0.3) is 11.3 Å². The molecule has 2 N–H and O–H groups in total. The van der Waals surface area contributed by atoms with Crippen molar-refractivity contribution in [2.45, 2.75) is 74.5 Å². The van der Waals surface area contributed by atoms with Gasteiger partial charge in [-0.25, -0.2) is 18.2 Å². The van der Waals surface area contributed by atoms with Gasteiger partial charge in [-0.1, -0.05) is 0 Å². The molecule has 0 unspecified atom stereocenters. The zero-order chi connectivity index (χ0) is 26.7. The Morgan fingerprint density at radius 1 is 1.18 bits per heavy atom. The Bertz CT molecular complexity index is 1260. The van der Waals surface area contributed by atoms with Crippen molar-refractivity contribution < 1.29 is 32.2 Å². The molecule has 0 radical (unpaired) electrons. The van der Waals surface area contributed by atoms with Crippen molar-refractivity contribution in [3.63, 3.8) is 0 Å². The Kier molecular flexibility index (Phi) is 5.93. The zero-order valence-corrected chi connectivity index (χ0v) is 21.1. The van der Waals surface area contributed by atoms with E-state index in [9.17, 15) is 22.8 Å². The van der Waals surface area contributed by atoms with E-state index in [4.69, 9.17) is 9.47 Å². The molecule has 2 saturated carbocycles. The Morgan fingerprint density at radius 2 is 1.95 bits per heavy atom. The third-order valence-corrected chi connectivity index (χ3v) is 8.81. The number of hydrogen-bond acceptors (Lipinski definition) is 6. The molecule has 2 saturated heterocycles. The van der Waals surface area contributed by atoms with Crippen molar-refractivity contribution >= 4 is 11.8 Å². The molecule has 0 bridgehead atoms. The monoisotopic (exact) mass is 533 g/mol. The number of nitrogens with zero attached hydrogens (tertiary/aromatic N) is 3. The van der Waals surface area contributed by atoms with Gasteiger partial charge in [-0.3, -0.25) is 14.7 Å². The van der Waals surface area contributed by atoms with Gasteiger partial charge in [0.2, 0.25) is 11.8 Å². The van der Waals surface area contributed by atoms with Gasteiger partial charge in [-0.15, -0.1) is 0 Å². The lowest BCUT2D eigenvalue weighted by atomic mass is 9.75. The minimum absolute atomic E-state index is 0.0743. The predicted octanol–water partition coefficient (Wildman–Crippen LogP) is 3.47. The lowest BCUT2D eigenvalue weighted by Gasteiger charge is -2.52. The van der Waals surface area contributed by atoms with E-state index in [0.29, 0.717) is 37.9 Å². The second kappa shape index (κ2) is 8.96. The van der Waals surface area contributed by atoms with Gasteiger partial charge in [-0.2, -0.15) is 5.10 Å². The summed E-state index contributed by atoms with van der Waals surface area (Å²) in [6.45, 7) is -0.108. The largest absolute Gasteiger partial charge is 0.481 e. The summed E-state index contributed by atoms with van der Waals surface area (Å²) in [7, 11) is 1.43. The van der Waals surface area contributed by atoms with Crippen molar-refractivity contribution in [3.05, 3.63) is 29.8 Å². The minimum atomic E-state index is -2.78. The molecule has 2 spiro atoms. The van der Waals surface area contributed by atoms with Gasteiger partial charge < -0.3 is 19.7 Å². The summed E-state index contributed by atoms with van der Waals surface area (Å²) in [6, 6.07) is 2.80. The number of carbonyl (C=O) groups is 2. The van der Waals surface area contributed by atoms with Crippen LogP contribution in [0.3, 0.4) is 0 Å². The number of aromatic amines is 1. The summed E-state index contributed by atoms with van der Waals surface area (Å²) >= 11 is 0. The van der Waals surface area contributed by atoms with E-state index in [1.54, 1.807) is 4.90 Å². The molecule has 204 valence electrons. The summed E-state index contributed by atoms with van der Waals surface area (Å²) in [6.07, 6.45) is 5.12. The van der Waals surface area contributed by atoms with Crippen LogP contribution >= 0.6 is 0 Å². The van der Waals surface area contributed by atoms with Crippen molar-refractivity contribution in [1.29, 1.82) is 0 Å². The number of H-pyrrole nitrogens is 1. The second-order valence-electron chi connectivity index (χ2n) is 11.0. The fourth-order valence-electron chi connectivity index (χ4n) is 6.24. The lowest BCUT2D eigenvalue weighted by Crippen LogP contribution is -2.65. The summed E-state index contributed by atoms with van der Waals surface area (Å²) < 4.78 is 52.5. The number of rotatable bonds is 5. The fraction of sp³-hybridized carbons (Fsp3) is 0.615. The fourth-order valence-corrected chi connectivity index (χ4v) is 6.24. The molecule has 2 aliphatic heterocycles. The number of alkyl halides is 2. The molecule has 38 heavy (non-hydrogen) atoms. The Morgan fingerprint density at radius 3 is 2.58 bits per heavy atom. The first-order valence-corrected chi connectivity index (χ1v) is 13.0. The number of halogens is 3. The molecule has 6 rings (SSSR count). The highest BCUT2D eigenvalue weighted by molar-refractivity contribution is 5.94. The van der Waals surface area contributed by atoms with Crippen LogP contribution in [0.15, 0.2) is 18.3 Å². The molecule has 2 aromatic heterocycles. The van der Waals surface area contributed by atoms with E-state index in [-0.39, 0.29) is 59.3 Å². The molecule has 9 nitrogen and oxygen atoms in total. The van der Waals surface area contributed by atoms with E-state index in [2.05, 4.69) is 20.5 Å². The summed E-state index contributed by atoms with van der Waals surface area (Å²) in [5.74, 6) is -3.69. The molecular formula is C26H30F3N5O4. The normalized spacial score (nSPS) is 29.1. The first-order chi connectivity index (χ1) is 18.2. The average Bonchev–Trinajstić information content (AvgIpc) is 3.49. The number of carbonyl (C=O) groups excluding carboxylic acids is 2. The number of aromatic nitrogens is 3.